The Balaban J connectivity index is 1.40. The van der Waals surface area contributed by atoms with Gasteiger partial charge in [0.1, 0.15) is 11.5 Å². The van der Waals surface area contributed by atoms with Crippen LogP contribution in [0.1, 0.15) is 18.4 Å². The first-order valence-electron chi connectivity index (χ1n) is 9.34. The van der Waals surface area contributed by atoms with E-state index in [2.05, 4.69) is 15.6 Å². The Bertz CT molecular complexity index is 817. The van der Waals surface area contributed by atoms with E-state index >= 15 is 0 Å². The number of benzene rings is 2. The van der Waals surface area contributed by atoms with Gasteiger partial charge in [-0.05, 0) is 49.1 Å². The maximum atomic E-state index is 11.6. The van der Waals surface area contributed by atoms with Gasteiger partial charge >= 0.3 is 0 Å². The molecule has 2 aromatic rings. The van der Waals surface area contributed by atoms with Gasteiger partial charge in [-0.3, -0.25) is 9.79 Å². The predicted molar refractivity (Wildman–Crippen MR) is 110 cm³/mol. The number of nitrogens with two attached hydrogens (primary N) is 1. The third kappa shape index (κ3) is 6.50. The summed E-state index contributed by atoms with van der Waals surface area (Å²) in [5.74, 6) is 1.72. The zero-order chi connectivity index (χ0) is 19.8. The van der Waals surface area contributed by atoms with Crippen LogP contribution in [0.15, 0.2) is 53.5 Å². The quantitative estimate of drug-likeness (QED) is 0.457. The summed E-state index contributed by atoms with van der Waals surface area (Å²) < 4.78 is 10.7. The average molecular weight is 382 g/mol. The van der Waals surface area contributed by atoms with Crippen LogP contribution in [0.5, 0.6) is 11.5 Å². The van der Waals surface area contributed by atoms with E-state index in [1.54, 1.807) is 7.11 Å². The van der Waals surface area contributed by atoms with Crippen molar-refractivity contribution in [1.29, 1.82) is 0 Å². The van der Waals surface area contributed by atoms with E-state index in [1.807, 2.05) is 48.5 Å². The first-order valence-corrected chi connectivity index (χ1v) is 9.34. The molecule has 0 aliphatic heterocycles. The van der Waals surface area contributed by atoms with E-state index in [-0.39, 0.29) is 12.5 Å². The fraction of sp³-hybridized carbons (Fsp3) is 0.333. The van der Waals surface area contributed by atoms with Gasteiger partial charge in [-0.25, -0.2) is 0 Å². The molecule has 148 valence electrons. The third-order valence-electron chi connectivity index (χ3n) is 4.26. The van der Waals surface area contributed by atoms with Crippen molar-refractivity contribution in [1.82, 2.24) is 5.32 Å². The summed E-state index contributed by atoms with van der Waals surface area (Å²) in [5.41, 5.74) is 7.88. The number of guanidine groups is 1. The van der Waals surface area contributed by atoms with E-state index in [0.717, 1.165) is 36.3 Å². The van der Waals surface area contributed by atoms with Crippen LogP contribution in [-0.4, -0.2) is 38.2 Å². The molecular formula is C21H26N4O3. The Morgan fingerprint density at radius 2 is 1.96 bits per heavy atom. The number of carbonyl (C=O) groups excluding carboxylic acids is 1. The molecule has 7 nitrogen and oxygen atoms in total. The molecule has 3 rings (SSSR count). The molecule has 0 spiro atoms. The number of anilines is 1. The number of carbonyl (C=O) groups is 1. The number of nitrogens with one attached hydrogen (secondary N) is 2. The summed E-state index contributed by atoms with van der Waals surface area (Å²) in [6.07, 6.45) is 2.90. The fourth-order valence-corrected chi connectivity index (χ4v) is 2.59. The number of rotatable bonds is 9. The molecule has 1 aliphatic rings. The van der Waals surface area contributed by atoms with Gasteiger partial charge in [0.25, 0.3) is 5.91 Å². The van der Waals surface area contributed by atoms with Crippen molar-refractivity contribution in [2.45, 2.75) is 25.3 Å². The molecule has 0 bridgehead atoms. The third-order valence-corrected chi connectivity index (χ3v) is 4.26. The highest BCUT2D eigenvalue weighted by molar-refractivity contribution is 5.92. The Morgan fingerprint density at radius 3 is 2.68 bits per heavy atom. The summed E-state index contributed by atoms with van der Waals surface area (Å²) in [5, 5.41) is 5.94. The van der Waals surface area contributed by atoms with E-state index in [1.165, 1.54) is 0 Å². The second-order valence-electron chi connectivity index (χ2n) is 6.65. The lowest BCUT2D eigenvalue weighted by atomic mass is 10.1. The second-order valence-corrected chi connectivity index (χ2v) is 6.65. The van der Waals surface area contributed by atoms with Gasteiger partial charge in [-0.15, -0.1) is 0 Å². The van der Waals surface area contributed by atoms with E-state index in [4.69, 9.17) is 15.2 Å². The number of nitrogens with zero attached hydrogens (tertiary/aromatic N) is 1. The largest absolute Gasteiger partial charge is 0.497 e. The van der Waals surface area contributed by atoms with Crippen molar-refractivity contribution in [3.63, 3.8) is 0 Å². The minimum absolute atomic E-state index is 0.0482. The lowest BCUT2D eigenvalue weighted by molar-refractivity contribution is -0.123. The fourth-order valence-electron chi connectivity index (χ4n) is 2.59. The van der Waals surface area contributed by atoms with Crippen molar-refractivity contribution < 1.29 is 14.3 Å². The predicted octanol–water partition coefficient (Wildman–Crippen LogP) is 2.32. The minimum Gasteiger partial charge on any atom is -0.497 e. The van der Waals surface area contributed by atoms with Crippen LogP contribution >= 0.6 is 0 Å². The molecule has 1 saturated carbocycles. The number of ether oxygens (including phenoxy) is 2. The molecule has 28 heavy (non-hydrogen) atoms. The summed E-state index contributed by atoms with van der Waals surface area (Å²) in [6.45, 7) is 0.611. The monoisotopic (exact) mass is 382 g/mol. The smallest absolute Gasteiger partial charge is 0.258 e. The molecule has 1 fully saturated rings. The van der Waals surface area contributed by atoms with Crippen molar-refractivity contribution in [2.75, 3.05) is 25.6 Å². The minimum atomic E-state index is -0.0695. The lowest BCUT2D eigenvalue weighted by Gasteiger charge is -2.08. The topological polar surface area (TPSA) is 98.0 Å². The number of amides is 1. The maximum absolute atomic E-state index is 11.6. The first-order chi connectivity index (χ1) is 13.6. The molecule has 0 saturated heterocycles. The molecule has 1 amide bonds. The van der Waals surface area contributed by atoms with Crippen LogP contribution in [0.2, 0.25) is 0 Å². The van der Waals surface area contributed by atoms with Gasteiger partial charge in [0.2, 0.25) is 0 Å². The van der Waals surface area contributed by atoms with Crippen molar-refractivity contribution in [3.8, 4) is 11.5 Å². The van der Waals surface area contributed by atoms with Crippen molar-refractivity contribution >= 4 is 17.6 Å². The average Bonchev–Trinajstić information content (AvgIpc) is 3.51. The van der Waals surface area contributed by atoms with Gasteiger partial charge < -0.3 is 25.8 Å². The van der Waals surface area contributed by atoms with Crippen LogP contribution in [0.4, 0.5) is 5.69 Å². The van der Waals surface area contributed by atoms with E-state index < -0.39 is 0 Å². The number of methoxy groups -OCH3 is 1. The SMILES string of the molecule is COc1cccc(NC(N)=NCCc2ccc(OCC(=O)NC3CC3)cc2)c1. The molecular weight excluding hydrogens is 356 g/mol. The van der Waals surface area contributed by atoms with E-state index in [9.17, 15) is 4.79 Å². The highest BCUT2D eigenvalue weighted by Crippen LogP contribution is 2.19. The Kier molecular flexibility index (Phi) is 6.73. The van der Waals surface area contributed by atoms with Gasteiger partial charge in [-0.1, -0.05) is 18.2 Å². The Morgan fingerprint density at radius 1 is 1.18 bits per heavy atom. The molecule has 0 heterocycles. The summed E-state index contributed by atoms with van der Waals surface area (Å²) in [7, 11) is 1.62. The van der Waals surface area contributed by atoms with E-state index in [0.29, 0.717) is 24.3 Å². The summed E-state index contributed by atoms with van der Waals surface area (Å²) in [6, 6.07) is 15.5. The first kappa shape index (κ1) is 19.5. The van der Waals surface area contributed by atoms with Gasteiger partial charge in [0.05, 0.1) is 7.11 Å². The van der Waals surface area contributed by atoms with Crippen molar-refractivity contribution in [3.05, 3.63) is 54.1 Å². The van der Waals surface area contributed by atoms with Crippen LogP contribution < -0.4 is 25.8 Å². The zero-order valence-electron chi connectivity index (χ0n) is 16.0. The van der Waals surface area contributed by atoms with Crippen LogP contribution in [0.25, 0.3) is 0 Å². The molecule has 1 aliphatic carbocycles. The molecule has 2 aromatic carbocycles. The molecule has 0 radical (unpaired) electrons. The van der Waals surface area contributed by atoms with Gasteiger partial charge in [0.15, 0.2) is 12.6 Å². The number of hydrogen-bond donors (Lipinski definition) is 3. The molecule has 7 heteroatoms. The normalized spacial score (nSPS) is 13.7. The molecule has 0 aromatic heterocycles. The second kappa shape index (κ2) is 9.64. The highest BCUT2D eigenvalue weighted by Gasteiger charge is 2.23. The van der Waals surface area contributed by atoms with Gasteiger partial charge in [-0.2, -0.15) is 0 Å². The van der Waals surface area contributed by atoms with Crippen LogP contribution in [-0.2, 0) is 11.2 Å². The lowest BCUT2D eigenvalue weighted by Crippen LogP contribution is -2.30. The highest BCUT2D eigenvalue weighted by atomic mass is 16.5. The van der Waals surface area contributed by atoms with Gasteiger partial charge in [0, 0.05) is 24.3 Å². The molecule has 4 N–H and O–H groups in total. The zero-order valence-corrected chi connectivity index (χ0v) is 16.0. The Labute approximate surface area is 164 Å². The van der Waals surface area contributed by atoms with Crippen LogP contribution in [0.3, 0.4) is 0 Å². The molecule has 0 atom stereocenters. The standard InChI is InChI=1S/C21H26N4O3/c1-27-19-4-2-3-17(13-19)25-21(22)23-12-11-15-5-9-18(10-6-15)28-14-20(26)24-16-7-8-16/h2-6,9-10,13,16H,7-8,11-12,14H2,1H3,(H,24,26)(H3,22,23,25). The van der Waals surface area contributed by atoms with Crippen molar-refractivity contribution in [2.24, 2.45) is 10.7 Å². The molecule has 0 unspecified atom stereocenters. The summed E-state index contributed by atoms with van der Waals surface area (Å²) in [4.78, 5) is 16.0. The number of hydrogen-bond acceptors (Lipinski definition) is 4. The van der Waals surface area contributed by atoms with Crippen LogP contribution in [0, 0.1) is 0 Å². The maximum Gasteiger partial charge on any atom is 0.258 e. The number of aliphatic imine (C=N–C) groups is 1. The summed E-state index contributed by atoms with van der Waals surface area (Å²) >= 11 is 0. The Hall–Kier alpha value is -3.22.